The maximum absolute atomic E-state index is 11.6. The van der Waals surface area contributed by atoms with Gasteiger partial charge in [0.2, 0.25) is 9.84 Å². The smallest absolute Gasteiger partial charge is 0.257 e. The fraction of sp³-hybridized carbons (Fsp3) is 0. The molecule has 0 amide bonds. The summed E-state index contributed by atoms with van der Waals surface area (Å²) < 4.78 is 23.9. The van der Waals surface area contributed by atoms with Gasteiger partial charge in [0, 0.05) is 4.47 Å². The molecule has 0 bridgehead atoms. The first-order valence-electron chi connectivity index (χ1n) is 3.85. The van der Waals surface area contributed by atoms with Gasteiger partial charge in [0.15, 0.2) is 0 Å². The van der Waals surface area contributed by atoms with E-state index in [1.165, 1.54) is 24.3 Å². The highest BCUT2D eigenvalue weighted by atomic mass is 79.9. The Labute approximate surface area is 105 Å². The highest BCUT2D eigenvalue weighted by Crippen LogP contribution is 2.18. The van der Waals surface area contributed by atoms with E-state index in [1.807, 2.05) is 0 Å². The molecule has 5 nitrogen and oxygen atoms in total. The molecule has 1 rings (SSSR count). The number of hydrogen-bond donors (Lipinski definition) is 0. The summed E-state index contributed by atoms with van der Waals surface area (Å²) in [5.41, 5.74) is 0. The van der Waals surface area contributed by atoms with Crippen LogP contribution in [0.25, 0.3) is 0 Å². The number of halogens is 2. The van der Waals surface area contributed by atoms with E-state index in [1.54, 1.807) is 0 Å². The third kappa shape index (κ3) is 3.29. The van der Waals surface area contributed by atoms with Crippen molar-refractivity contribution in [2.24, 2.45) is 0 Å². The van der Waals surface area contributed by atoms with Gasteiger partial charge in [-0.3, -0.25) is 10.1 Å². The van der Waals surface area contributed by atoms with Crippen LogP contribution in [-0.2, 0) is 9.84 Å². The summed E-state index contributed by atoms with van der Waals surface area (Å²) in [6.45, 7) is 0. The number of hydrogen-bond acceptors (Lipinski definition) is 4. The molecule has 0 aromatic heterocycles. The van der Waals surface area contributed by atoms with Gasteiger partial charge in [-0.2, -0.15) is 0 Å². The minimum absolute atomic E-state index is 0.0595. The van der Waals surface area contributed by atoms with Crippen LogP contribution in [-0.4, -0.2) is 13.3 Å². The lowest BCUT2D eigenvalue weighted by Gasteiger charge is -1.98. The highest BCUT2D eigenvalue weighted by molar-refractivity contribution is 9.10. The standard InChI is InChI=1S/C8H5BrClNO4S/c9-6-1-3-7(4-2-6)16(14,15)5-8(10)11(12)13/h1-5H/b8-5+. The molecular weight excluding hydrogens is 322 g/mol. The Morgan fingerprint density at radius 1 is 1.38 bits per heavy atom. The van der Waals surface area contributed by atoms with Crippen molar-refractivity contribution in [3.8, 4) is 0 Å². The monoisotopic (exact) mass is 325 g/mol. The zero-order valence-electron chi connectivity index (χ0n) is 7.63. The molecule has 0 saturated heterocycles. The van der Waals surface area contributed by atoms with Crippen molar-refractivity contribution in [2.75, 3.05) is 0 Å². The second-order valence-electron chi connectivity index (χ2n) is 2.70. The summed E-state index contributed by atoms with van der Waals surface area (Å²) in [6.07, 6.45) is 0. The van der Waals surface area contributed by atoms with Gasteiger partial charge < -0.3 is 0 Å². The van der Waals surface area contributed by atoms with E-state index >= 15 is 0 Å². The van der Waals surface area contributed by atoms with E-state index in [0.717, 1.165) is 0 Å². The van der Waals surface area contributed by atoms with Crippen LogP contribution in [0.4, 0.5) is 0 Å². The predicted octanol–water partition coefficient (Wildman–Crippen LogP) is 2.54. The summed E-state index contributed by atoms with van der Waals surface area (Å²) in [7, 11) is -3.88. The van der Waals surface area contributed by atoms with Crippen LogP contribution in [0, 0.1) is 10.1 Å². The van der Waals surface area contributed by atoms with Gasteiger partial charge in [-0.25, -0.2) is 8.42 Å². The third-order valence-electron chi connectivity index (χ3n) is 1.57. The van der Waals surface area contributed by atoms with E-state index in [0.29, 0.717) is 9.88 Å². The second-order valence-corrected chi connectivity index (χ2v) is 5.80. The van der Waals surface area contributed by atoms with Crippen LogP contribution >= 0.6 is 27.5 Å². The number of nitro groups is 1. The molecule has 0 N–H and O–H groups in total. The van der Waals surface area contributed by atoms with Crippen molar-refractivity contribution in [2.45, 2.75) is 4.90 Å². The molecule has 8 heteroatoms. The van der Waals surface area contributed by atoms with Gasteiger partial charge in [-0.1, -0.05) is 15.9 Å². The summed E-state index contributed by atoms with van der Waals surface area (Å²) >= 11 is 8.30. The van der Waals surface area contributed by atoms with Crippen molar-refractivity contribution < 1.29 is 13.3 Å². The van der Waals surface area contributed by atoms with Crippen molar-refractivity contribution in [3.63, 3.8) is 0 Å². The molecule has 0 unspecified atom stereocenters. The second kappa shape index (κ2) is 4.94. The number of nitrogens with zero attached hydrogens (tertiary/aromatic N) is 1. The fourth-order valence-corrected chi connectivity index (χ4v) is 2.47. The first-order chi connectivity index (χ1) is 7.33. The molecule has 0 aliphatic heterocycles. The zero-order valence-corrected chi connectivity index (χ0v) is 10.8. The minimum atomic E-state index is -3.88. The molecule has 1 aromatic rings. The van der Waals surface area contributed by atoms with E-state index in [4.69, 9.17) is 11.6 Å². The Balaban J connectivity index is 3.18. The Kier molecular flexibility index (Phi) is 4.06. The largest absolute Gasteiger partial charge is 0.348 e. The topological polar surface area (TPSA) is 77.3 Å². The molecule has 0 atom stereocenters. The molecular formula is C8H5BrClNO4S. The van der Waals surface area contributed by atoms with Gasteiger partial charge in [-0.05, 0) is 35.9 Å². The minimum Gasteiger partial charge on any atom is -0.257 e. The number of sulfone groups is 1. The van der Waals surface area contributed by atoms with Gasteiger partial charge in [0.1, 0.15) is 5.41 Å². The lowest BCUT2D eigenvalue weighted by molar-refractivity contribution is -0.411. The van der Waals surface area contributed by atoms with Gasteiger partial charge in [0.05, 0.1) is 9.82 Å². The van der Waals surface area contributed by atoms with E-state index in [-0.39, 0.29) is 4.90 Å². The van der Waals surface area contributed by atoms with Crippen molar-refractivity contribution in [3.05, 3.63) is 49.4 Å². The van der Waals surface area contributed by atoms with Gasteiger partial charge >= 0.3 is 5.16 Å². The van der Waals surface area contributed by atoms with E-state index < -0.39 is 19.9 Å². The van der Waals surface area contributed by atoms with Crippen molar-refractivity contribution in [1.82, 2.24) is 0 Å². The summed E-state index contributed by atoms with van der Waals surface area (Å²) in [4.78, 5) is 9.16. The predicted molar refractivity (Wildman–Crippen MR) is 62.3 cm³/mol. The molecule has 86 valence electrons. The molecule has 0 aliphatic carbocycles. The van der Waals surface area contributed by atoms with E-state index in [2.05, 4.69) is 15.9 Å². The van der Waals surface area contributed by atoms with Crippen LogP contribution < -0.4 is 0 Å². The highest BCUT2D eigenvalue weighted by Gasteiger charge is 2.17. The lowest BCUT2D eigenvalue weighted by atomic mass is 10.4. The third-order valence-corrected chi connectivity index (χ3v) is 3.94. The van der Waals surface area contributed by atoms with E-state index in [9.17, 15) is 18.5 Å². The lowest BCUT2D eigenvalue weighted by Crippen LogP contribution is -2.00. The van der Waals surface area contributed by atoms with Crippen LogP contribution in [0.15, 0.2) is 44.2 Å². The average molecular weight is 327 g/mol. The van der Waals surface area contributed by atoms with Crippen molar-refractivity contribution in [1.29, 1.82) is 0 Å². The quantitative estimate of drug-likeness (QED) is 0.486. The molecule has 1 aromatic carbocycles. The Bertz CT molecular complexity index is 538. The average Bonchev–Trinajstić information content (AvgIpc) is 2.17. The Morgan fingerprint density at radius 2 is 1.88 bits per heavy atom. The first kappa shape index (κ1) is 13.1. The number of rotatable bonds is 3. The van der Waals surface area contributed by atoms with Gasteiger partial charge in [-0.15, -0.1) is 0 Å². The molecule has 0 aliphatic rings. The fourth-order valence-electron chi connectivity index (χ4n) is 0.863. The molecule has 0 fully saturated rings. The van der Waals surface area contributed by atoms with Crippen LogP contribution in [0.2, 0.25) is 0 Å². The summed E-state index contributed by atoms with van der Waals surface area (Å²) in [6, 6.07) is 5.67. The summed E-state index contributed by atoms with van der Waals surface area (Å²) in [5, 5.41) is 9.67. The number of benzene rings is 1. The maximum Gasteiger partial charge on any atom is 0.348 e. The zero-order chi connectivity index (χ0) is 12.3. The van der Waals surface area contributed by atoms with Gasteiger partial charge in [0.25, 0.3) is 0 Å². The summed E-state index contributed by atoms with van der Waals surface area (Å²) in [5.74, 6) is 0. The Hall–Kier alpha value is -0.920. The molecule has 0 radical (unpaired) electrons. The SMILES string of the molecule is O=[N+]([O-])/C(Cl)=C/S(=O)(=O)c1ccc(Br)cc1. The molecule has 0 spiro atoms. The van der Waals surface area contributed by atoms with Crippen LogP contribution in [0.3, 0.4) is 0 Å². The van der Waals surface area contributed by atoms with Crippen molar-refractivity contribution >= 4 is 37.4 Å². The van der Waals surface area contributed by atoms with Crippen LogP contribution in [0.1, 0.15) is 0 Å². The molecule has 0 saturated carbocycles. The maximum atomic E-state index is 11.6. The Morgan fingerprint density at radius 3 is 2.31 bits per heavy atom. The normalized spacial score (nSPS) is 12.5. The first-order valence-corrected chi connectivity index (χ1v) is 6.57. The van der Waals surface area contributed by atoms with Crippen LogP contribution in [0.5, 0.6) is 0 Å². The molecule has 0 heterocycles. The molecule has 16 heavy (non-hydrogen) atoms.